The summed E-state index contributed by atoms with van der Waals surface area (Å²) in [4.78, 5) is 0. The van der Waals surface area contributed by atoms with Crippen molar-refractivity contribution in [2.45, 2.75) is 12.4 Å². The fourth-order valence-electron chi connectivity index (χ4n) is 1.92. The third-order valence-corrected chi connectivity index (χ3v) is 3.97. The Labute approximate surface area is 153 Å². The molecule has 9 heteroatoms. The Morgan fingerprint density at radius 3 is 2.13 bits per heavy atom. The molecule has 0 heterocycles. The molecule has 0 bridgehead atoms. The summed E-state index contributed by atoms with van der Waals surface area (Å²) >= 11 is 6.54. The lowest BCUT2D eigenvalue weighted by molar-refractivity contribution is -0.274. The van der Waals surface area contributed by atoms with Crippen LogP contribution in [0, 0.1) is 0 Å². The monoisotopic (exact) mass is 475 g/mol. The van der Waals surface area contributed by atoms with Gasteiger partial charge in [0.25, 0.3) is 0 Å². The first-order valence-electron chi connectivity index (χ1n) is 5.96. The number of ether oxygens (including phenoxy) is 1. The molecule has 0 saturated heterocycles. The van der Waals surface area contributed by atoms with Crippen LogP contribution in [0.25, 0.3) is 0 Å². The minimum absolute atomic E-state index is 0. The van der Waals surface area contributed by atoms with Crippen LogP contribution in [0.2, 0.25) is 0 Å². The number of alkyl halides is 3. The van der Waals surface area contributed by atoms with Gasteiger partial charge < -0.3 is 15.6 Å². The molecule has 1 atom stereocenters. The lowest BCUT2D eigenvalue weighted by Crippen LogP contribution is -2.17. The van der Waals surface area contributed by atoms with E-state index in [1.54, 1.807) is 6.07 Å². The highest BCUT2D eigenvalue weighted by Crippen LogP contribution is 2.37. The number of hydrogen-bond donors (Lipinski definition) is 2. The van der Waals surface area contributed by atoms with Crippen molar-refractivity contribution in [1.82, 2.24) is 0 Å². The van der Waals surface area contributed by atoms with Crippen LogP contribution in [0.3, 0.4) is 0 Å². The molecule has 0 aliphatic carbocycles. The lowest BCUT2D eigenvalue weighted by atomic mass is 9.99. The van der Waals surface area contributed by atoms with Crippen LogP contribution < -0.4 is 10.5 Å². The summed E-state index contributed by atoms with van der Waals surface area (Å²) in [5.74, 6) is -0.355. The van der Waals surface area contributed by atoms with Gasteiger partial charge in [-0.1, -0.05) is 44.0 Å². The Bertz CT molecular complexity index is 658. The Hall–Kier alpha value is -0.960. The van der Waals surface area contributed by atoms with Crippen LogP contribution in [0.5, 0.6) is 11.5 Å². The van der Waals surface area contributed by atoms with E-state index < -0.39 is 12.4 Å². The summed E-state index contributed by atoms with van der Waals surface area (Å²) in [6, 6.07) is 7.68. The van der Waals surface area contributed by atoms with Gasteiger partial charge in [0.15, 0.2) is 0 Å². The van der Waals surface area contributed by atoms with Crippen molar-refractivity contribution in [2.75, 3.05) is 0 Å². The van der Waals surface area contributed by atoms with Gasteiger partial charge in [0.2, 0.25) is 0 Å². The van der Waals surface area contributed by atoms with E-state index in [4.69, 9.17) is 5.73 Å². The van der Waals surface area contributed by atoms with Gasteiger partial charge in [0.05, 0.1) is 6.04 Å². The zero-order valence-corrected chi connectivity index (χ0v) is 15.3. The summed E-state index contributed by atoms with van der Waals surface area (Å²) < 4.78 is 41.4. The number of phenolic OH excluding ortho intramolecular Hbond substituents is 1. The molecule has 0 unspecified atom stereocenters. The summed E-state index contributed by atoms with van der Waals surface area (Å²) in [6.07, 6.45) is -4.74. The largest absolute Gasteiger partial charge is 0.573 e. The molecule has 2 rings (SSSR count). The van der Waals surface area contributed by atoms with Crippen molar-refractivity contribution in [2.24, 2.45) is 5.73 Å². The Morgan fingerprint density at radius 1 is 1.09 bits per heavy atom. The predicted molar refractivity (Wildman–Crippen MR) is 89.9 cm³/mol. The molecule has 23 heavy (non-hydrogen) atoms. The first kappa shape index (κ1) is 20.1. The molecule has 3 nitrogen and oxygen atoms in total. The third kappa shape index (κ3) is 5.27. The van der Waals surface area contributed by atoms with Gasteiger partial charge >= 0.3 is 6.36 Å². The molecule has 2 aromatic rings. The predicted octanol–water partition coefficient (Wildman–Crippen LogP) is 5.29. The number of nitrogens with two attached hydrogens (primary N) is 1. The average Bonchev–Trinajstić information content (AvgIpc) is 2.36. The topological polar surface area (TPSA) is 55.5 Å². The van der Waals surface area contributed by atoms with Crippen LogP contribution in [-0.2, 0) is 0 Å². The summed E-state index contributed by atoms with van der Waals surface area (Å²) in [5, 5.41) is 10.00. The number of aromatic hydroxyl groups is 1. The zero-order chi connectivity index (χ0) is 16.5. The molecule has 2 aromatic carbocycles. The maximum Gasteiger partial charge on any atom is 0.573 e. The maximum absolute atomic E-state index is 12.1. The molecule has 0 saturated carbocycles. The molecule has 0 aromatic heterocycles. The summed E-state index contributed by atoms with van der Waals surface area (Å²) in [5.41, 5.74) is 7.05. The van der Waals surface area contributed by atoms with E-state index in [0.29, 0.717) is 20.1 Å². The molecule has 3 N–H and O–H groups in total. The van der Waals surface area contributed by atoms with Crippen molar-refractivity contribution in [3.63, 3.8) is 0 Å². The molecule has 0 spiro atoms. The highest BCUT2D eigenvalue weighted by molar-refractivity contribution is 9.11. The first-order chi connectivity index (χ1) is 10.2. The highest BCUT2D eigenvalue weighted by Gasteiger charge is 2.31. The van der Waals surface area contributed by atoms with E-state index >= 15 is 0 Å². The van der Waals surface area contributed by atoms with Gasteiger partial charge in [-0.05, 0) is 29.8 Å². The third-order valence-electron chi connectivity index (χ3n) is 2.86. The van der Waals surface area contributed by atoms with Crippen molar-refractivity contribution in [1.29, 1.82) is 0 Å². The van der Waals surface area contributed by atoms with Gasteiger partial charge in [0.1, 0.15) is 11.5 Å². The number of hydrogen-bond acceptors (Lipinski definition) is 3. The van der Waals surface area contributed by atoms with Crippen LogP contribution in [0.1, 0.15) is 17.2 Å². The Morgan fingerprint density at radius 2 is 1.65 bits per heavy atom. The first-order valence-corrected chi connectivity index (χ1v) is 7.55. The molecule has 0 amide bonds. The van der Waals surface area contributed by atoms with E-state index in [9.17, 15) is 18.3 Å². The smallest absolute Gasteiger partial charge is 0.508 e. The van der Waals surface area contributed by atoms with Crippen LogP contribution in [0.4, 0.5) is 13.2 Å². The normalized spacial score (nSPS) is 12.4. The second kappa shape index (κ2) is 7.74. The minimum atomic E-state index is -4.74. The Kier molecular flexibility index (Phi) is 6.76. The van der Waals surface area contributed by atoms with Crippen molar-refractivity contribution >= 4 is 44.3 Å². The highest BCUT2D eigenvalue weighted by atomic mass is 79.9. The molecule has 0 fully saturated rings. The zero-order valence-electron chi connectivity index (χ0n) is 11.3. The van der Waals surface area contributed by atoms with Crippen LogP contribution in [0.15, 0.2) is 45.3 Å². The van der Waals surface area contributed by atoms with Gasteiger partial charge in [-0.3, -0.25) is 0 Å². The molecule has 0 radical (unpaired) electrons. The standard InChI is InChI=1S/C14H10Br2F3NO2.ClH/c15-8-5-10(16)12(11(21)6-8)13(20)7-1-3-9(4-2-7)22-14(17,18)19;/h1-6,13,21H,20H2;1H/t13-;/m1./s1. The molecule has 126 valence electrons. The van der Waals surface area contributed by atoms with E-state index in [2.05, 4.69) is 36.6 Å². The number of phenols is 1. The fraction of sp³-hybridized carbons (Fsp3) is 0.143. The summed E-state index contributed by atoms with van der Waals surface area (Å²) in [7, 11) is 0. The van der Waals surface area contributed by atoms with E-state index in [1.165, 1.54) is 30.3 Å². The fourth-order valence-corrected chi connectivity index (χ4v) is 3.37. The number of rotatable bonds is 3. The van der Waals surface area contributed by atoms with Gasteiger partial charge in [-0.25, -0.2) is 0 Å². The van der Waals surface area contributed by atoms with Crippen LogP contribution in [-0.4, -0.2) is 11.5 Å². The quantitative estimate of drug-likeness (QED) is 0.632. The van der Waals surface area contributed by atoms with Crippen molar-refractivity contribution in [3.8, 4) is 11.5 Å². The van der Waals surface area contributed by atoms with E-state index in [-0.39, 0.29) is 23.9 Å². The second-order valence-electron chi connectivity index (χ2n) is 4.41. The molecule has 0 aliphatic rings. The second-order valence-corrected chi connectivity index (χ2v) is 6.18. The molecular formula is C14H11Br2ClF3NO2. The van der Waals surface area contributed by atoms with E-state index in [0.717, 1.165) is 0 Å². The molecular weight excluding hydrogens is 466 g/mol. The SMILES string of the molecule is Cl.N[C@H](c1ccc(OC(F)(F)F)cc1)c1c(O)cc(Br)cc1Br. The van der Waals surface area contributed by atoms with Crippen molar-refractivity contribution in [3.05, 3.63) is 56.5 Å². The number of halogens is 6. The molecule has 0 aliphatic heterocycles. The van der Waals surface area contributed by atoms with Crippen LogP contribution >= 0.6 is 44.3 Å². The van der Waals surface area contributed by atoms with Gasteiger partial charge in [0, 0.05) is 14.5 Å². The average molecular weight is 478 g/mol. The van der Waals surface area contributed by atoms with Crippen molar-refractivity contribution < 1.29 is 23.0 Å². The van der Waals surface area contributed by atoms with E-state index in [1.807, 2.05) is 0 Å². The summed E-state index contributed by atoms with van der Waals surface area (Å²) in [6.45, 7) is 0. The van der Waals surface area contributed by atoms with Gasteiger partial charge in [-0.2, -0.15) is 0 Å². The number of benzene rings is 2. The van der Waals surface area contributed by atoms with Gasteiger partial charge in [-0.15, -0.1) is 25.6 Å². The minimum Gasteiger partial charge on any atom is -0.508 e. The maximum atomic E-state index is 12.1. The lowest BCUT2D eigenvalue weighted by Gasteiger charge is -2.17. The Balaban J connectivity index is 0.00000264.